The molecule has 1 aromatic carbocycles. The highest BCUT2D eigenvalue weighted by Gasteiger charge is 2.26. The number of nitrogens with one attached hydrogen (secondary N) is 1. The molecule has 20 heavy (non-hydrogen) atoms. The van der Waals surface area contributed by atoms with Crippen molar-refractivity contribution < 1.29 is 8.78 Å². The minimum Gasteiger partial charge on any atom is -0.314 e. The van der Waals surface area contributed by atoms with Gasteiger partial charge in [-0.3, -0.25) is 4.90 Å². The Morgan fingerprint density at radius 3 is 2.35 bits per heavy atom. The Hall–Kier alpha value is -0.420. The first-order chi connectivity index (χ1) is 8.65. The fraction of sp³-hybridized carbons (Fsp3) is 0.571. The van der Waals surface area contributed by atoms with Crippen LogP contribution < -0.4 is 5.32 Å². The Labute approximate surface area is 131 Å². The highest BCUT2D eigenvalue weighted by Crippen LogP contribution is 2.30. The molecular weight excluding hydrogens is 305 g/mol. The molecule has 1 N–H and O–H groups in total. The average molecular weight is 327 g/mol. The Morgan fingerprint density at radius 2 is 1.80 bits per heavy atom. The lowest BCUT2D eigenvalue weighted by molar-refractivity contribution is 0.162. The van der Waals surface area contributed by atoms with Gasteiger partial charge in [0.15, 0.2) is 0 Å². The molecule has 1 aromatic rings. The van der Waals surface area contributed by atoms with Crippen molar-refractivity contribution in [3.8, 4) is 0 Å². The van der Waals surface area contributed by atoms with Crippen molar-refractivity contribution in [2.24, 2.45) is 0 Å². The van der Waals surface area contributed by atoms with Gasteiger partial charge in [0.1, 0.15) is 11.6 Å². The smallest absolute Gasteiger partial charge is 0.133 e. The van der Waals surface area contributed by atoms with Crippen molar-refractivity contribution >= 4 is 24.8 Å². The quantitative estimate of drug-likeness (QED) is 0.914. The number of hydrogen-bond donors (Lipinski definition) is 1. The van der Waals surface area contributed by atoms with E-state index in [0.717, 1.165) is 32.6 Å². The number of halogens is 4. The normalized spacial score (nSPS) is 17.0. The van der Waals surface area contributed by atoms with Gasteiger partial charge in [-0.1, -0.05) is 13.0 Å². The Kier molecular flexibility index (Phi) is 8.59. The molecule has 1 aliphatic heterocycles. The van der Waals surface area contributed by atoms with Gasteiger partial charge in [-0.05, 0) is 25.0 Å². The van der Waals surface area contributed by atoms with Gasteiger partial charge in [0, 0.05) is 37.8 Å². The highest BCUT2D eigenvalue weighted by molar-refractivity contribution is 5.85. The van der Waals surface area contributed by atoms with E-state index in [-0.39, 0.29) is 42.2 Å². The van der Waals surface area contributed by atoms with Crippen LogP contribution in [0.5, 0.6) is 0 Å². The summed E-state index contributed by atoms with van der Waals surface area (Å²) in [5.74, 6) is -0.816. The molecule has 0 saturated carbocycles. The molecule has 1 heterocycles. The lowest BCUT2D eigenvalue weighted by atomic mass is 9.98. The van der Waals surface area contributed by atoms with Crippen molar-refractivity contribution in [1.29, 1.82) is 0 Å². The third kappa shape index (κ3) is 4.04. The summed E-state index contributed by atoms with van der Waals surface area (Å²) < 4.78 is 28.1. The van der Waals surface area contributed by atoms with E-state index < -0.39 is 5.82 Å². The molecule has 116 valence electrons. The molecule has 0 bridgehead atoms. The summed E-state index contributed by atoms with van der Waals surface area (Å²) in [6.07, 6.45) is 0.720. The monoisotopic (exact) mass is 326 g/mol. The molecule has 2 nitrogen and oxygen atoms in total. The molecule has 1 atom stereocenters. The van der Waals surface area contributed by atoms with Gasteiger partial charge in [0.25, 0.3) is 0 Å². The third-order valence-corrected chi connectivity index (χ3v) is 3.63. The largest absolute Gasteiger partial charge is 0.314 e. The molecule has 0 amide bonds. The summed E-state index contributed by atoms with van der Waals surface area (Å²) in [6, 6.07) is 2.71. The van der Waals surface area contributed by atoms with E-state index in [1.807, 2.05) is 6.92 Å². The zero-order valence-corrected chi connectivity index (χ0v) is 13.4. The second-order valence-corrected chi connectivity index (χ2v) is 4.80. The summed E-state index contributed by atoms with van der Waals surface area (Å²) >= 11 is 0. The van der Waals surface area contributed by atoms with E-state index in [4.69, 9.17) is 0 Å². The lowest BCUT2D eigenvalue weighted by Crippen LogP contribution is -2.45. The van der Waals surface area contributed by atoms with Crippen LogP contribution in [-0.4, -0.2) is 31.1 Å². The van der Waals surface area contributed by atoms with Crippen LogP contribution in [-0.2, 0) is 0 Å². The van der Waals surface area contributed by atoms with E-state index in [0.29, 0.717) is 5.56 Å². The number of piperazine rings is 1. The minimum absolute atomic E-state index is 0. The average Bonchev–Trinajstić information content (AvgIpc) is 2.40. The van der Waals surface area contributed by atoms with Crippen LogP contribution in [0.25, 0.3) is 0 Å². The molecule has 2 rings (SSSR count). The van der Waals surface area contributed by atoms with Crippen molar-refractivity contribution in [2.75, 3.05) is 26.2 Å². The zero-order chi connectivity index (χ0) is 13.1. The van der Waals surface area contributed by atoms with Crippen molar-refractivity contribution in [3.63, 3.8) is 0 Å². The van der Waals surface area contributed by atoms with Gasteiger partial charge in [-0.2, -0.15) is 0 Å². The second kappa shape index (κ2) is 8.78. The first kappa shape index (κ1) is 19.6. The van der Waals surface area contributed by atoms with Gasteiger partial charge in [0.05, 0.1) is 0 Å². The number of hydrogen-bond acceptors (Lipinski definition) is 2. The summed E-state index contributed by atoms with van der Waals surface area (Å²) in [5, 5.41) is 3.26. The van der Waals surface area contributed by atoms with Crippen LogP contribution in [0, 0.1) is 18.6 Å². The van der Waals surface area contributed by atoms with Gasteiger partial charge in [-0.15, -0.1) is 24.8 Å². The van der Waals surface area contributed by atoms with E-state index in [1.165, 1.54) is 12.1 Å². The maximum Gasteiger partial charge on any atom is 0.133 e. The summed E-state index contributed by atoms with van der Waals surface area (Å²) in [4.78, 5) is 2.16. The molecule has 0 radical (unpaired) electrons. The van der Waals surface area contributed by atoms with Crippen LogP contribution in [0.4, 0.5) is 8.78 Å². The molecule has 1 aliphatic rings. The second-order valence-electron chi connectivity index (χ2n) is 4.80. The third-order valence-electron chi connectivity index (χ3n) is 3.63. The maximum absolute atomic E-state index is 14.2. The number of benzene rings is 1. The lowest BCUT2D eigenvalue weighted by Gasteiger charge is -2.35. The number of aryl methyl sites for hydroxylation is 1. The molecule has 0 aromatic heterocycles. The summed E-state index contributed by atoms with van der Waals surface area (Å²) in [6.45, 7) is 7.10. The first-order valence-corrected chi connectivity index (χ1v) is 6.54. The molecule has 6 heteroatoms. The molecule has 0 spiro atoms. The van der Waals surface area contributed by atoms with Gasteiger partial charge in [-0.25, -0.2) is 8.78 Å². The molecule has 0 unspecified atom stereocenters. The molecular formula is C14H22Cl2F2N2. The van der Waals surface area contributed by atoms with Gasteiger partial charge < -0.3 is 5.32 Å². The van der Waals surface area contributed by atoms with Gasteiger partial charge >= 0.3 is 0 Å². The fourth-order valence-corrected chi connectivity index (χ4v) is 2.62. The predicted molar refractivity (Wildman–Crippen MR) is 83.1 cm³/mol. The van der Waals surface area contributed by atoms with Crippen LogP contribution in [0.15, 0.2) is 12.1 Å². The zero-order valence-electron chi connectivity index (χ0n) is 11.8. The van der Waals surface area contributed by atoms with Crippen LogP contribution in [0.2, 0.25) is 0 Å². The van der Waals surface area contributed by atoms with E-state index in [2.05, 4.69) is 10.2 Å². The Balaban J connectivity index is 0.00000180. The Bertz CT molecular complexity index is 424. The topological polar surface area (TPSA) is 15.3 Å². The van der Waals surface area contributed by atoms with E-state index in [1.54, 1.807) is 6.92 Å². The molecule has 1 saturated heterocycles. The number of nitrogens with zero attached hydrogens (tertiary/aromatic N) is 1. The summed E-state index contributed by atoms with van der Waals surface area (Å²) in [7, 11) is 0. The van der Waals surface area contributed by atoms with E-state index in [9.17, 15) is 8.78 Å². The van der Waals surface area contributed by atoms with Gasteiger partial charge in [0.2, 0.25) is 0 Å². The highest BCUT2D eigenvalue weighted by atomic mass is 35.5. The maximum atomic E-state index is 14.2. The first-order valence-electron chi connectivity index (χ1n) is 6.54. The fourth-order valence-electron chi connectivity index (χ4n) is 2.62. The predicted octanol–water partition coefficient (Wildman–Crippen LogP) is 3.47. The van der Waals surface area contributed by atoms with Crippen LogP contribution in [0.1, 0.15) is 30.5 Å². The van der Waals surface area contributed by atoms with Crippen molar-refractivity contribution in [2.45, 2.75) is 26.3 Å². The SMILES string of the molecule is CC[C@H](c1c(F)ccc(C)c1F)N1CCNCC1.Cl.Cl. The minimum atomic E-state index is -0.427. The molecule has 0 aliphatic carbocycles. The number of rotatable bonds is 3. The standard InChI is InChI=1S/C14H20F2N2.2ClH/c1-3-12(18-8-6-17-7-9-18)13-11(15)5-4-10(2)14(13)16;;/h4-5,12,17H,3,6-9H2,1-2H3;2*1H/t12-;;/m1../s1. The van der Waals surface area contributed by atoms with E-state index >= 15 is 0 Å². The molecule has 1 fully saturated rings. The van der Waals surface area contributed by atoms with Crippen LogP contribution >= 0.6 is 24.8 Å². The van der Waals surface area contributed by atoms with Crippen molar-refractivity contribution in [1.82, 2.24) is 10.2 Å². The Morgan fingerprint density at radius 1 is 1.20 bits per heavy atom. The van der Waals surface area contributed by atoms with Crippen LogP contribution in [0.3, 0.4) is 0 Å². The summed E-state index contributed by atoms with van der Waals surface area (Å²) in [5.41, 5.74) is 0.749. The van der Waals surface area contributed by atoms with Crippen molar-refractivity contribution in [3.05, 3.63) is 34.9 Å².